The third kappa shape index (κ3) is 2.41. The molecule has 1 heteroatoms. The van der Waals surface area contributed by atoms with Gasteiger partial charge in [0.25, 0.3) is 0 Å². The molecule has 0 aromatic heterocycles. The average molecular weight is 137 g/mol. The Kier molecular flexibility index (Phi) is 3.73. The normalized spacial score (nSPS) is 6.86. The summed E-state index contributed by atoms with van der Waals surface area (Å²) in [5.41, 5.74) is 0. The second-order valence-corrected chi connectivity index (χ2v) is 1.15. The van der Waals surface area contributed by atoms with Gasteiger partial charge in [-0.25, -0.2) is 0 Å². The summed E-state index contributed by atoms with van der Waals surface area (Å²) in [5, 5.41) is 0. The van der Waals surface area contributed by atoms with E-state index in [1.807, 2.05) is 36.4 Å². The molecule has 0 heterocycles. The summed E-state index contributed by atoms with van der Waals surface area (Å²) in [6.07, 6.45) is 0. The Bertz CT molecular complexity index is 76.1. The van der Waals surface area contributed by atoms with Crippen LogP contribution in [0, 0.1) is 0 Å². The molecule has 0 fully saturated rings. The fraction of sp³-hybridized carbons (Fsp3) is 0. The Labute approximate surface area is 53.5 Å². The van der Waals surface area contributed by atoms with Crippen LogP contribution in [0.15, 0.2) is 36.4 Å². The molecule has 0 saturated carbocycles. The van der Waals surface area contributed by atoms with E-state index in [9.17, 15) is 0 Å². The minimum atomic E-state index is 0. The molecule has 0 unspecified atom stereocenters. The summed E-state index contributed by atoms with van der Waals surface area (Å²) in [7, 11) is 0. The van der Waals surface area contributed by atoms with Crippen molar-refractivity contribution in [2.45, 2.75) is 0 Å². The van der Waals surface area contributed by atoms with Gasteiger partial charge in [0.2, 0.25) is 0 Å². The van der Waals surface area contributed by atoms with Crippen molar-refractivity contribution in [2.24, 2.45) is 0 Å². The summed E-state index contributed by atoms with van der Waals surface area (Å²) < 4.78 is 0. The third-order valence-electron chi connectivity index (χ3n) is 0.667. The summed E-state index contributed by atoms with van der Waals surface area (Å²) in [6, 6.07) is 12.0. The van der Waals surface area contributed by atoms with Crippen molar-refractivity contribution in [1.82, 2.24) is 0 Å². The minimum absolute atomic E-state index is 0. The third-order valence-corrected chi connectivity index (χ3v) is 0.667. The zero-order valence-corrected chi connectivity index (χ0v) is 4.77. The SMILES string of the molecule is [Ni].c1ccccc1. The predicted octanol–water partition coefficient (Wildman–Crippen LogP) is 1.68. The van der Waals surface area contributed by atoms with E-state index in [0.717, 1.165) is 0 Å². The van der Waals surface area contributed by atoms with E-state index < -0.39 is 0 Å². The zero-order valence-electron chi connectivity index (χ0n) is 3.78. The van der Waals surface area contributed by atoms with Crippen molar-refractivity contribution in [3.8, 4) is 0 Å². The number of hydrogen-bond donors (Lipinski definition) is 0. The van der Waals surface area contributed by atoms with Crippen LogP contribution in [0.5, 0.6) is 0 Å². The van der Waals surface area contributed by atoms with Crippen LogP contribution in [0.25, 0.3) is 0 Å². The standard InChI is InChI=1S/C6H6.Ni/c1-2-4-6-5-3-1;/h1-6H;. The second-order valence-electron chi connectivity index (χ2n) is 1.15. The van der Waals surface area contributed by atoms with Gasteiger partial charge in [0.15, 0.2) is 0 Å². The fourth-order valence-electron chi connectivity index (χ4n) is 0.385. The number of hydrogen-bond acceptors (Lipinski definition) is 0. The molecule has 1 aromatic rings. The Morgan fingerprint density at radius 1 is 0.429 bits per heavy atom. The summed E-state index contributed by atoms with van der Waals surface area (Å²) in [5.74, 6) is 0. The van der Waals surface area contributed by atoms with Crippen LogP contribution in [-0.2, 0) is 16.5 Å². The van der Waals surface area contributed by atoms with E-state index in [4.69, 9.17) is 0 Å². The Morgan fingerprint density at radius 3 is 0.714 bits per heavy atom. The van der Waals surface area contributed by atoms with Crippen molar-refractivity contribution in [2.75, 3.05) is 0 Å². The van der Waals surface area contributed by atoms with Gasteiger partial charge < -0.3 is 0 Å². The Hall–Kier alpha value is -0.286. The van der Waals surface area contributed by atoms with Crippen LogP contribution >= 0.6 is 0 Å². The molecule has 40 valence electrons. The van der Waals surface area contributed by atoms with E-state index in [2.05, 4.69) is 0 Å². The molecular weight excluding hydrogens is 131 g/mol. The first-order valence-corrected chi connectivity index (χ1v) is 2.00. The van der Waals surface area contributed by atoms with E-state index in [1.165, 1.54) is 0 Å². The topological polar surface area (TPSA) is 0 Å². The molecule has 0 spiro atoms. The molecule has 0 aliphatic heterocycles. The molecule has 0 atom stereocenters. The molecule has 0 saturated heterocycles. The Morgan fingerprint density at radius 2 is 0.571 bits per heavy atom. The first-order valence-electron chi connectivity index (χ1n) is 2.00. The predicted molar refractivity (Wildman–Crippen MR) is 26.4 cm³/mol. The maximum atomic E-state index is 2.00. The summed E-state index contributed by atoms with van der Waals surface area (Å²) in [4.78, 5) is 0. The van der Waals surface area contributed by atoms with E-state index in [1.54, 1.807) is 0 Å². The van der Waals surface area contributed by atoms with Crippen molar-refractivity contribution in [1.29, 1.82) is 0 Å². The molecule has 1 rings (SSSR count). The molecule has 0 nitrogen and oxygen atoms in total. The molecule has 7 heavy (non-hydrogen) atoms. The zero-order chi connectivity index (χ0) is 4.24. The van der Waals surface area contributed by atoms with E-state index in [0.29, 0.717) is 0 Å². The van der Waals surface area contributed by atoms with Crippen molar-refractivity contribution in [3.63, 3.8) is 0 Å². The van der Waals surface area contributed by atoms with Gasteiger partial charge in [0.1, 0.15) is 0 Å². The van der Waals surface area contributed by atoms with Gasteiger partial charge in [0, 0.05) is 16.5 Å². The number of rotatable bonds is 0. The van der Waals surface area contributed by atoms with Gasteiger partial charge in [-0.15, -0.1) is 0 Å². The summed E-state index contributed by atoms with van der Waals surface area (Å²) in [6.45, 7) is 0. The van der Waals surface area contributed by atoms with E-state index >= 15 is 0 Å². The van der Waals surface area contributed by atoms with Crippen LogP contribution in [0.4, 0.5) is 0 Å². The van der Waals surface area contributed by atoms with Crippen LogP contribution in [0.1, 0.15) is 0 Å². The molecule has 0 bridgehead atoms. The minimum Gasteiger partial charge on any atom is -0.0623 e. The van der Waals surface area contributed by atoms with E-state index in [-0.39, 0.29) is 16.5 Å². The Balaban J connectivity index is 0.000000360. The number of benzene rings is 1. The fourth-order valence-corrected chi connectivity index (χ4v) is 0.385. The van der Waals surface area contributed by atoms with Gasteiger partial charge in [0.05, 0.1) is 0 Å². The first kappa shape index (κ1) is 6.71. The van der Waals surface area contributed by atoms with Gasteiger partial charge in [-0.2, -0.15) is 0 Å². The maximum absolute atomic E-state index is 2.00. The van der Waals surface area contributed by atoms with Gasteiger partial charge in [-0.05, 0) is 0 Å². The van der Waals surface area contributed by atoms with Crippen LogP contribution in [0.2, 0.25) is 0 Å². The molecule has 0 aliphatic carbocycles. The van der Waals surface area contributed by atoms with Crippen LogP contribution in [0.3, 0.4) is 0 Å². The molecule has 1 aromatic carbocycles. The monoisotopic (exact) mass is 136 g/mol. The smallest absolute Gasteiger partial charge is 0 e. The molecular formula is C6H6Ni. The molecule has 0 N–H and O–H groups in total. The van der Waals surface area contributed by atoms with Crippen molar-refractivity contribution >= 4 is 0 Å². The molecule has 0 radical (unpaired) electrons. The van der Waals surface area contributed by atoms with Crippen LogP contribution in [-0.4, -0.2) is 0 Å². The average Bonchev–Trinajstić information content (AvgIpc) is 1.72. The van der Waals surface area contributed by atoms with Crippen molar-refractivity contribution in [3.05, 3.63) is 36.4 Å². The van der Waals surface area contributed by atoms with Gasteiger partial charge >= 0.3 is 0 Å². The van der Waals surface area contributed by atoms with Gasteiger partial charge in [-0.3, -0.25) is 0 Å². The van der Waals surface area contributed by atoms with Gasteiger partial charge in [-0.1, -0.05) is 36.4 Å². The van der Waals surface area contributed by atoms with Crippen molar-refractivity contribution < 1.29 is 16.5 Å². The summed E-state index contributed by atoms with van der Waals surface area (Å²) >= 11 is 0. The maximum Gasteiger partial charge on any atom is 0 e. The van der Waals surface area contributed by atoms with Crippen LogP contribution < -0.4 is 0 Å². The second kappa shape index (κ2) is 3.89. The first-order chi connectivity index (χ1) is 3.00. The quantitative estimate of drug-likeness (QED) is 0.477. The molecule has 0 amide bonds. The largest absolute Gasteiger partial charge is 0.0623 e. The molecule has 0 aliphatic rings.